The van der Waals surface area contributed by atoms with Gasteiger partial charge in [0.15, 0.2) is 0 Å². The Morgan fingerprint density at radius 1 is 1.22 bits per heavy atom. The zero-order valence-corrected chi connectivity index (χ0v) is 15.9. The Kier molecular flexibility index (Phi) is 5.32. The lowest BCUT2D eigenvalue weighted by Gasteiger charge is -2.39. The van der Waals surface area contributed by atoms with Crippen LogP contribution in [0.5, 0.6) is 5.75 Å². The van der Waals surface area contributed by atoms with Crippen LogP contribution < -0.4 is 4.74 Å². The molecule has 1 aromatic carbocycles. The number of ether oxygens (including phenoxy) is 2. The molecule has 3 heterocycles. The molecule has 2 aliphatic heterocycles. The van der Waals surface area contributed by atoms with E-state index in [4.69, 9.17) is 21.1 Å². The van der Waals surface area contributed by atoms with Gasteiger partial charge in [-0.15, -0.1) is 0 Å². The third-order valence-electron chi connectivity index (χ3n) is 5.54. The van der Waals surface area contributed by atoms with Gasteiger partial charge in [-0.2, -0.15) is 0 Å². The highest BCUT2D eigenvalue weighted by Crippen LogP contribution is 2.38. The van der Waals surface area contributed by atoms with Crippen molar-refractivity contribution in [3.05, 3.63) is 59.4 Å². The fourth-order valence-corrected chi connectivity index (χ4v) is 4.22. The van der Waals surface area contributed by atoms with E-state index >= 15 is 0 Å². The van der Waals surface area contributed by atoms with E-state index in [1.54, 1.807) is 18.5 Å². The molecule has 0 aliphatic carbocycles. The van der Waals surface area contributed by atoms with Crippen molar-refractivity contribution in [2.24, 2.45) is 0 Å². The molecule has 0 radical (unpaired) electrons. The highest BCUT2D eigenvalue weighted by Gasteiger charge is 2.45. The molecule has 2 aliphatic rings. The quantitative estimate of drug-likeness (QED) is 0.807. The van der Waals surface area contributed by atoms with Gasteiger partial charge in [0.1, 0.15) is 16.9 Å². The van der Waals surface area contributed by atoms with Crippen LogP contribution in [-0.2, 0) is 14.9 Å². The van der Waals surface area contributed by atoms with E-state index in [0.29, 0.717) is 49.9 Å². The van der Waals surface area contributed by atoms with E-state index in [9.17, 15) is 4.79 Å². The Morgan fingerprint density at radius 3 is 2.74 bits per heavy atom. The number of carbonyl (C=O) groups excluding carboxylic acids is 1. The largest absolute Gasteiger partial charge is 0.487 e. The predicted octanol–water partition coefficient (Wildman–Crippen LogP) is 3.46. The number of amides is 1. The Morgan fingerprint density at radius 2 is 2.00 bits per heavy atom. The van der Waals surface area contributed by atoms with Crippen molar-refractivity contribution in [2.45, 2.75) is 30.8 Å². The van der Waals surface area contributed by atoms with Crippen molar-refractivity contribution in [2.75, 3.05) is 26.3 Å². The van der Waals surface area contributed by atoms with Crippen LogP contribution >= 0.6 is 11.6 Å². The van der Waals surface area contributed by atoms with Gasteiger partial charge in [-0.25, -0.2) is 0 Å². The molecule has 1 aromatic heterocycles. The molecule has 0 bridgehead atoms. The Labute approximate surface area is 164 Å². The van der Waals surface area contributed by atoms with Crippen LogP contribution in [0, 0.1) is 0 Å². The summed E-state index contributed by atoms with van der Waals surface area (Å²) >= 11 is 6.14. The maximum Gasteiger partial charge on any atom is 0.233 e. The normalized spacial score (nSPS) is 21.8. The summed E-state index contributed by atoms with van der Waals surface area (Å²) in [6, 6.07) is 11.9. The van der Waals surface area contributed by atoms with E-state index in [0.717, 1.165) is 12.0 Å². The smallest absolute Gasteiger partial charge is 0.233 e. The van der Waals surface area contributed by atoms with Gasteiger partial charge in [-0.3, -0.25) is 9.78 Å². The molecule has 0 saturated carbocycles. The summed E-state index contributed by atoms with van der Waals surface area (Å²) in [4.78, 5) is 19.5. The summed E-state index contributed by atoms with van der Waals surface area (Å²) in [6.45, 7) is 2.50. The number of likely N-dealkylation sites (tertiary alicyclic amines) is 1. The van der Waals surface area contributed by atoms with Crippen LogP contribution in [0.4, 0.5) is 0 Å². The van der Waals surface area contributed by atoms with E-state index in [1.165, 1.54) is 0 Å². The van der Waals surface area contributed by atoms with Gasteiger partial charge >= 0.3 is 0 Å². The minimum absolute atomic E-state index is 0.0542. The molecular weight excluding hydrogens is 364 g/mol. The lowest BCUT2D eigenvalue weighted by molar-refractivity contribution is -0.140. The average Bonchev–Trinajstić information content (AvgIpc) is 3.19. The molecule has 142 valence electrons. The molecule has 1 atom stereocenters. The fraction of sp³-hybridized carbons (Fsp3) is 0.429. The second-order valence-electron chi connectivity index (χ2n) is 7.15. The van der Waals surface area contributed by atoms with Gasteiger partial charge in [0.25, 0.3) is 0 Å². The molecule has 2 aromatic rings. The summed E-state index contributed by atoms with van der Waals surface area (Å²) in [5, 5.41) is 0.493. The average molecular weight is 387 g/mol. The maximum atomic E-state index is 13.6. The van der Waals surface area contributed by atoms with Gasteiger partial charge in [0.2, 0.25) is 5.91 Å². The zero-order valence-electron chi connectivity index (χ0n) is 15.1. The van der Waals surface area contributed by atoms with Gasteiger partial charge in [-0.1, -0.05) is 41.9 Å². The Bertz CT molecular complexity index is 793. The number of hydrogen-bond donors (Lipinski definition) is 0. The lowest BCUT2D eigenvalue weighted by Crippen LogP contribution is -2.49. The highest BCUT2D eigenvalue weighted by molar-refractivity contribution is 6.31. The van der Waals surface area contributed by atoms with Crippen LogP contribution in [0.25, 0.3) is 0 Å². The summed E-state index contributed by atoms with van der Waals surface area (Å²) in [5.74, 6) is 0.804. The topological polar surface area (TPSA) is 51.7 Å². The summed E-state index contributed by atoms with van der Waals surface area (Å²) < 4.78 is 11.6. The number of pyridine rings is 1. The molecular formula is C21H23ClN2O3. The van der Waals surface area contributed by atoms with Crippen LogP contribution in [0.1, 0.15) is 24.8 Å². The van der Waals surface area contributed by atoms with Crippen LogP contribution in [0.3, 0.4) is 0 Å². The minimum atomic E-state index is -0.497. The summed E-state index contributed by atoms with van der Waals surface area (Å²) in [7, 11) is 0. The Hall–Kier alpha value is -2.11. The summed E-state index contributed by atoms with van der Waals surface area (Å²) in [5.41, 5.74) is 0.586. The molecule has 0 unspecified atom stereocenters. The predicted molar refractivity (Wildman–Crippen MR) is 103 cm³/mol. The molecule has 2 fully saturated rings. The molecule has 27 heavy (non-hydrogen) atoms. The first kappa shape index (κ1) is 18.3. The van der Waals surface area contributed by atoms with E-state index in [2.05, 4.69) is 17.1 Å². The minimum Gasteiger partial charge on any atom is -0.487 e. The van der Waals surface area contributed by atoms with Crippen LogP contribution in [0.2, 0.25) is 5.02 Å². The fourth-order valence-electron chi connectivity index (χ4n) is 4.05. The molecule has 0 N–H and O–H groups in total. The van der Waals surface area contributed by atoms with Crippen molar-refractivity contribution < 1.29 is 14.3 Å². The van der Waals surface area contributed by atoms with Crippen molar-refractivity contribution in [3.63, 3.8) is 0 Å². The van der Waals surface area contributed by atoms with Crippen molar-refractivity contribution in [3.8, 4) is 5.75 Å². The lowest BCUT2D eigenvalue weighted by atomic mass is 9.73. The van der Waals surface area contributed by atoms with E-state index in [-0.39, 0.29) is 12.0 Å². The number of benzene rings is 1. The van der Waals surface area contributed by atoms with Gasteiger partial charge in [0, 0.05) is 44.6 Å². The molecule has 4 rings (SSSR count). The van der Waals surface area contributed by atoms with Gasteiger partial charge < -0.3 is 14.4 Å². The third-order valence-corrected chi connectivity index (χ3v) is 5.83. The first-order valence-corrected chi connectivity index (χ1v) is 9.76. The standard InChI is InChI=1S/C21H23ClN2O3/c22-18-14-23-10-6-19(18)27-17-7-11-24(15-17)20(25)21(8-12-26-13-9-21)16-4-2-1-3-5-16/h1-6,10,14,17H,7-9,11-13,15H2/t17-/m1/s1. The van der Waals surface area contributed by atoms with Crippen molar-refractivity contribution in [1.82, 2.24) is 9.88 Å². The molecule has 2 saturated heterocycles. The highest BCUT2D eigenvalue weighted by atomic mass is 35.5. The first-order chi connectivity index (χ1) is 13.2. The van der Waals surface area contributed by atoms with E-state index in [1.807, 2.05) is 23.1 Å². The molecule has 0 spiro atoms. The number of nitrogens with zero attached hydrogens (tertiary/aromatic N) is 2. The number of aromatic nitrogens is 1. The van der Waals surface area contributed by atoms with Gasteiger partial charge in [-0.05, 0) is 18.4 Å². The number of rotatable bonds is 4. The SMILES string of the molecule is O=C(N1CC[C@@H](Oc2ccncc2Cl)C1)C1(c2ccccc2)CCOCC1. The van der Waals surface area contributed by atoms with Crippen molar-refractivity contribution >= 4 is 17.5 Å². The van der Waals surface area contributed by atoms with E-state index < -0.39 is 5.41 Å². The second-order valence-corrected chi connectivity index (χ2v) is 7.55. The van der Waals surface area contributed by atoms with Crippen LogP contribution in [0.15, 0.2) is 48.8 Å². The first-order valence-electron chi connectivity index (χ1n) is 9.38. The second kappa shape index (κ2) is 7.87. The zero-order chi connectivity index (χ0) is 18.7. The Balaban J connectivity index is 1.50. The molecule has 5 nitrogen and oxygen atoms in total. The molecule has 1 amide bonds. The van der Waals surface area contributed by atoms with Crippen LogP contribution in [-0.4, -0.2) is 48.2 Å². The molecule has 6 heteroatoms. The number of carbonyl (C=O) groups is 1. The van der Waals surface area contributed by atoms with Gasteiger partial charge in [0.05, 0.1) is 12.0 Å². The number of hydrogen-bond acceptors (Lipinski definition) is 4. The number of halogens is 1. The summed E-state index contributed by atoms with van der Waals surface area (Å²) in [6.07, 6.45) is 5.40. The van der Waals surface area contributed by atoms with Crippen molar-refractivity contribution in [1.29, 1.82) is 0 Å². The monoisotopic (exact) mass is 386 g/mol. The maximum absolute atomic E-state index is 13.6. The third kappa shape index (κ3) is 3.66.